The molecule has 1 aromatic heterocycles. The van der Waals surface area contributed by atoms with Gasteiger partial charge in [-0.05, 0) is 24.3 Å². The number of nitro benzene ring substituents is 1. The minimum absolute atomic E-state index is 0.0894. The number of aromatic nitrogens is 1. The van der Waals surface area contributed by atoms with E-state index in [1.54, 1.807) is 12.1 Å². The van der Waals surface area contributed by atoms with Crippen molar-refractivity contribution in [1.82, 2.24) is 4.98 Å². The highest BCUT2D eigenvalue weighted by molar-refractivity contribution is 7.80. The molecule has 2 aromatic rings. The predicted molar refractivity (Wildman–Crippen MR) is 77.0 cm³/mol. The zero-order chi connectivity index (χ0) is 14.7. The predicted octanol–water partition coefficient (Wildman–Crippen LogP) is 2.11. The van der Waals surface area contributed by atoms with Crippen molar-refractivity contribution < 1.29 is 9.72 Å². The number of carbonyl (C=O) groups is 1. The minimum atomic E-state index is -0.551. The number of pyridine rings is 1. The number of hydrogen-bond acceptors (Lipinski definition) is 6. The van der Waals surface area contributed by atoms with Crippen LogP contribution in [-0.4, -0.2) is 15.8 Å². The number of carbonyl (C=O) groups excluding carboxylic acids is 1. The Morgan fingerprint density at radius 2 is 2.15 bits per heavy atom. The summed E-state index contributed by atoms with van der Waals surface area (Å²) in [6.07, 6.45) is 1.45. The van der Waals surface area contributed by atoms with Gasteiger partial charge in [0.2, 0.25) is 0 Å². The Labute approximate surface area is 119 Å². The monoisotopic (exact) mass is 290 g/mol. The average molecular weight is 290 g/mol. The Balaban J connectivity index is 2.23. The summed E-state index contributed by atoms with van der Waals surface area (Å²) in [7, 11) is 0. The van der Waals surface area contributed by atoms with E-state index in [-0.39, 0.29) is 22.0 Å². The van der Waals surface area contributed by atoms with Crippen molar-refractivity contribution >= 4 is 35.6 Å². The molecule has 1 heterocycles. The maximum atomic E-state index is 12.0. The van der Waals surface area contributed by atoms with Gasteiger partial charge in [-0.25, -0.2) is 4.98 Å². The molecule has 20 heavy (non-hydrogen) atoms. The van der Waals surface area contributed by atoms with Gasteiger partial charge in [0.1, 0.15) is 0 Å². The molecule has 0 saturated carbocycles. The van der Waals surface area contributed by atoms with Gasteiger partial charge >= 0.3 is 0 Å². The average Bonchev–Trinajstić information content (AvgIpc) is 2.38. The van der Waals surface area contributed by atoms with Gasteiger partial charge in [-0.3, -0.25) is 14.9 Å². The maximum absolute atomic E-state index is 12.0. The lowest BCUT2D eigenvalue weighted by molar-refractivity contribution is -0.387. The molecule has 0 aliphatic carbocycles. The van der Waals surface area contributed by atoms with Crippen molar-refractivity contribution in [2.24, 2.45) is 0 Å². The number of thiol groups is 1. The van der Waals surface area contributed by atoms with E-state index in [1.807, 2.05) is 0 Å². The Hall–Kier alpha value is -2.61. The van der Waals surface area contributed by atoms with Gasteiger partial charge in [-0.2, -0.15) is 0 Å². The van der Waals surface area contributed by atoms with Crippen LogP contribution in [0.15, 0.2) is 41.4 Å². The summed E-state index contributed by atoms with van der Waals surface area (Å²) >= 11 is 4.00. The van der Waals surface area contributed by atoms with E-state index in [0.29, 0.717) is 5.69 Å². The van der Waals surface area contributed by atoms with Crippen LogP contribution < -0.4 is 11.1 Å². The highest BCUT2D eigenvalue weighted by Gasteiger charge is 2.14. The molecule has 0 radical (unpaired) electrons. The number of nitrogens with two attached hydrogens (primary N) is 1. The van der Waals surface area contributed by atoms with E-state index in [1.165, 1.54) is 24.4 Å². The second-order valence-corrected chi connectivity index (χ2v) is 4.34. The standard InChI is InChI=1S/C12H10N4O3S/c13-8-2-1-5-14-11(8)12(17)15-7-3-4-9(16(18)19)10(20)6-7/h1-6,20H,13H2,(H,15,17). The molecule has 8 heteroatoms. The SMILES string of the molecule is Nc1cccnc1C(=O)Nc1ccc([N+](=O)[O-])c(S)c1. The van der Waals surface area contributed by atoms with Crippen LogP contribution >= 0.6 is 12.6 Å². The lowest BCUT2D eigenvalue weighted by atomic mass is 10.2. The highest BCUT2D eigenvalue weighted by atomic mass is 32.1. The number of hydrogen-bond donors (Lipinski definition) is 3. The molecule has 102 valence electrons. The molecular weight excluding hydrogens is 280 g/mol. The fourth-order valence-electron chi connectivity index (χ4n) is 1.55. The highest BCUT2D eigenvalue weighted by Crippen LogP contribution is 2.26. The summed E-state index contributed by atoms with van der Waals surface area (Å²) in [4.78, 5) is 26.1. The quantitative estimate of drug-likeness (QED) is 0.455. The van der Waals surface area contributed by atoms with Gasteiger partial charge in [0.05, 0.1) is 15.5 Å². The van der Waals surface area contributed by atoms with Gasteiger partial charge in [-0.1, -0.05) is 0 Å². The third-order valence-electron chi connectivity index (χ3n) is 2.48. The molecule has 2 rings (SSSR count). The first-order valence-corrected chi connectivity index (χ1v) is 5.93. The van der Waals surface area contributed by atoms with Crippen LogP contribution in [0.2, 0.25) is 0 Å². The van der Waals surface area contributed by atoms with Crippen LogP contribution in [0.4, 0.5) is 17.1 Å². The Morgan fingerprint density at radius 1 is 1.40 bits per heavy atom. The molecule has 0 unspecified atom stereocenters. The van der Waals surface area contributed by atoms with Gasteiger partial charge in [0.25, 0.3) is 11.6 Å². The summed E-state index contributed by atoms with van der Waals surface area (Å²) in [5, 5.41) is 13.2. The van der Waals surface area contributed by atoms with E-state index in [2.05, 4.69) is 22.9 Å². The van der Waals surface area contributed by atoms with Crippen LogP contribution in [0, 0.1) is 10.1 Å². The molecule has 0 fully saturated rings. The molecule has 1 amide bonds. The summed E-state index contributed by atoms with van der Waals surface area (Å²) < 4.78 is 0. The number of amides is 1. The van der Waals surface area contributed by atoms with E-state index in [9.17, 15) is 14.9 Å². The number of nitrogens with zero attached hydrogens (tertiary/aromatic N) is 2. The largest absolute Gasteiger partial charge is 0.397 e. The Bertz CT molecular complexity index is 690. The lowest BCUT2D eigenvalue weighted by Crippen LogP contribution is -2.15. The van der Waals surface area contributed by atoms with Crippen LogP contribution in [0.1, 0.15) is 10.5 Å². The smallest absolute Gasteiger partial charge is 0.282 e. The van der Waals surface area contributed by atoms with Crippen molar-refractivity contribution in [2.45, 2.75) is 4.90 Å². The number of rotatable bonds is 3. The van der Waals surface area contributed by atoms with E-state index in [4.69, 9.17) is 5.73 Å². The first kappa shape index (κ1) is 13.8. The third-order valence-corrected chi connectivity index (χ3v) is 2.84. The van der Waals surface area contributed by atoms with Gasteiger partial charge in [-0.15, -0.1) is 12.6 Å². The molecule has 7 nitrogen and oxygen atoms in total. The molecule has 0 bridgehead atoms. The van der Waals surface area contributed by atoms with Crippen LogP contribution in [-0.2, 0) is 0 Å². The van der Waals surface area contributed by atoms with Crippen molar-refractivity contribution in [3.8, 4) is 0 Å². The number of nitrogens with one attached hydrogen (secondary N) is 1. The number of benzene rings is 1. The van der Waals surface area contributed by atoms with Crippen molar-refractivity contribution in [2.75, 3.05) is 11.1 Å². The van der Waals surface area contributed by atoms with E-state index >= 15 is 0 Å². The van der Waals surface area contributed by atoms with Crippen LogP contribution in [0.3, 0.4) is 0 Å². The van der Waals surface area contributed by atoms with Crippen LogP contribution in [0.25, 0.3) is 0 Å². The van der Waals surface area contributed by atoms with Crippen molar-refractivity contribution in [3.05, 3.63) is 52.3 Å². The first-order chi connectivity index (χ1) is 9.49. The van der Waals surface area contributed by atoms with Gasteiger partial charge in [0, 0.05) is 18.0 Å². The number of nitrogen functional groups attached to an aromatic ring is 1. The Kier molecular flexibility index (Phi) is 3.85. The number of anilines is 2. The summed E-state index contributed by atoms with van der Waals surface area (Å²) in [6.45, 7) is 0. The molecule has 0 spiro atoms. The second kappa shape index (κ2) is 5.57. The van der Waals surface area contributed by atoms with Gasteiger partial charge < -0.3 is 11.1 Å². The van der Waals surface area contributed by atoms with Crippen molar-refractivity contribution in [1.29, 1.82) is 0 Å². The van der Waals surface area contributed by atoms with E-state index < -0.39 is 10.8 Å². The lowest BCUT2D eigenvalue weighted by Gasteiger charge is -2.07. The van der Waals surface area contributed by atoms with Gasteiger partial charge in [0.15, 0.2) is 5.69 Å². The Morgan fingerprint density at radius 3 is 2.75 bits per heavy atom. The topological polar surface area (TPSA) is 111 Å². The molecule has 0 atom stereocenters. The summed E-state index contributed by atoms with van der Waals surface area (Å²) in [6, 6.07) is 7.23. The normalized spacial score (nSPS) is 10.1. The molecule has 0 aliphatic heterocycles. The van der Waals surface area contributed by atoms with E-state index in [0.717, 1.165) is 0 Å². The third kappa shape index (κ3) is 2.86. The first-order valence-electron chi connectivity index (χ1n) is 5.48. The zero-order valence-corrected chi connectivity index (χ0v) is 11.0. The zero-order valence-electron chi connectivity index (χ0n) is 10.1. The molecule has 3 N–H and O–H groups in total. The number of nitro groups is 1. The van der Waals surface area contributed by atoms with Crippen molar-refractivity contribution in [3.63, 3.8) is 0 Å². The van der Waals surface area contributed by atoms with Crippen LogP contribution in [0.5, 0.6) is 0 Å². The minimum Gasteiger partial charge on any atom is -0.397 e. The fourth-order valence-corrected chi connectivity index (χ4v) is 1.85. The molecule has 0 aliphatic rings. The second-order valence-electron chi connectivity index (χ2n) is 3.86. The maximum Gasteiger partial charge on any atom is 0.282 e. The summed E-state index contributed by atoms with van der Waals surface area (Å²) in [5.74, 6) is -0.496. The fraction of sp³-hybridized carbons (Fsp3) is 0. The molecular formula is C12H10N4O3S. The summed E-state index contributed by atoms with van der Waals surface area (Å²) in [5.41, 5.74) is 6.21. The molecule has 0 saturated heterocycles. The molecule has 1 aromatic carbocycles.